The molecule has 2 aromatic rings. The Morgan fingerprint density at radius 2 is 1.08 bits per heavy atom. The fourth-order valence-corrected chi connectivity index (χ4v) is 5.60. The summed E-state index contributed by atoms with van der Waals surface area (Å²) in [5.41, 5.74) is 4.31. The van der Waals surface area contributed by atoms with Gasteiger partial charge in [0.15, 0.2) is 0 Å². The molecule has 2 heterocycles. The normalized spacial score (nSPS) is 16.9. The van der Waals surface area contributed by atoms with Crippen LogP contribution in [0, 0.1) is 45.3 Å². The third kappa shape index (κ3) is 6.96. The molecule has 2 aromatic carbocycles. The van der Waals surface area contributed by atoms with Crippen LogP contribution in [0.4, 0.5) is 0 Å². The van der Waals surface area contributed by atoms with Crippen molar-refractivity contribution in [2.45, 2.75) is 57.8 Å². The van der Waals surface area contributed by atoms with Gasteiger partial charge in [0, 0.05) is 0 Å². The van der Waals surface area contributed by atoms with E-state index in [4.69, 9.17) is 10.5 Å². The van der Waals surface area contributed by atoms with Gasteiger partial charge in [-0.2, -0.15) is 21.0 Å². The lowest BCUT2D eigenvalue weighted by Gasteiger charge is -2.32. The third-order valence-corrected chi connectivity index (χ3v) is 7.70. The van der Waals surface area contributed by atoms with Crippen molar-refractivity contribution in [1.82, 2.24) is 9.80 Å². The van der Waals surface area contributed by atoms with Crippen LogP contribution in [0.1, 0.15) is 91.2 Å². The zero-order valence-corrected chi connectivity index (χ0v) is 22.1. The molecule has 0 spiro atoms. The highest BCUT2D eigenvalue weighted by Gasteiger charge is 2.24. The SMILES string of the molecule is CCCN1CCC(c2cccc(C#N)c2C#N)CC1.CCN1CCC(c2cccc(C#N)c2C#N)CC1. The van der Waals surface area contributed by atoms with Crippen molar-refractivity contribution in [1.29, 1.82) is 21.0 Å². The van der Waals surface area contributed by atoms with Gasteiger partial charge in [-0.05, 0) is 106 Å². The van der Waals surface area contributed by atoms with E-state index >= 15 is 0 Å². The van der Waals surface area contributed by atoms with Crippen LogP contribution in [0.15, 0.2) is 36.4 Å². The fourth-order valence-electron chi connectivity index (χ4n) is 5.60. The maximum Gasteiger partial charge on any atom is 0.101 e. The summed E-state index contributed by atoms with van der Waals surface area (Å²) in [6, 6.07) is 19.9. The third-order valence-electron chi connectivity index (χ3n) is 7.70. The van der Waals surface area contributed by atoms with Crippen LogP contribution in [0.2, 0.25) is 0 Å². The smallest absolute Gasteiger partial charge is 0.101 e. The number of rotatable bonds is 5. The molecule has 0 amide bonds. The molecule has 0 saturated carbocycles. The Labute approximate surface area is 222 Å². The van der Waals surface area contributed by atoms with Crippen LogP contribution in [0.3, 0.4) is 0 Å². The summed E-state index contributed by atoms with van der Waals surface area (Å²) < 4.78 is 0. The van der Waals surface area contributed by atoms with Crippen molar-refractivity contribution >= 4 is 0 Å². The summed E-state index contributed by atoms with van der Waals surface area (Å²) in [4.78, 5) is 4.91. The standard InChI is InChI=1S/C16H19N3.C15H17N3/c1-2-8-19-9-6-13(7-10-19)15-5-3-4-14(11-17)16(15)12-18;1-2-18-8-6-12(7-9-18)14-5-3-4-13(10-16)15(14)11-17/h3-5,13H,2,6-10H2,1H3;3-5,12H,2,6-9H2,1H3. The minimum Gasteiger partial charge on any atom is -0.304 e. The highest BCUT2D eigenvalue weighted by molar-refractivity contribution is 5.52. The first kappa shape index (κ1) is 27.9. The molecule has 6 heteroatoms. The zero-order chi connectivity index (χ0) is 26.6. The molecule has 0 atom stereocenters. The molecule has 2 aliphatic heterocycles. The van der Waals surface area contributed by atoms with Gasteiger partial charge in [-0.15, -0.1) is 0 Å². The number of hydrogen-bond donors (Lipinski definition) is 0. The first-order valence-corrected chi connectivity index (χ1v) is 13.4. The van der Waals surface area contributed by atoms with Crippen LogP contribution in [0.25, 0.3) is 0 Å². The summed E-state index contributed by atoms with van der Waals surface area (Å²) in [5.74, 6) is 0.854. The zero-order valence-electron chi connectivity index (χ0n) is 22.1. The Kier molecular flexibility index (Phi) is 10.7. The second-order valence-electron chi connectivity index (χ2n) is 9.81. The maximum absolute atomic E-state index is 9.29. The van der Waals surface area contributed by atoms with Crippen molar-refractivity contribution < 1.29 is 0 Å². The van der Waals surface area contributed by atoms with Gasteiger partial charge in [0.25, 0.3) is 0 Å². The molecule has 4 rings (SSSR count). The van der Waals surface area contributed by atoms with Gasteiger partial charge >= 0.3 is 0 Å². The summed E-state index contributed by atoms with van der Waals surface area (Å²) >= 11 is 0. The number of benzene rings is 2. The van der Waals surface area contributed by atoms with E-state index in [-0.39, 0.29) is 0 Å². The number of nitrogens with zero attached hydrogens (tertiary/aromatic N) is 6. The molecule has 37 heavy (non-hydrogen) atoms. The number of piperidine rings is 2. The average Bonchev–Trinajstić information content (AvgIpc) is 2.97. The summed E-state index contributed by atoms with van der Waals surface area (Å²) in [6.45, 7) is 11.0. The second-order valence-corrected chi connectivity index (χ2v) is 9.81. The minimum absolute atomic E-state index is 0.427. The highest BCUT2D eigenvalue weighted by atomic mass is 15.1. The molecular formula is C31H36N6. The molecule has 0 N–H and O–H groups in total. The predicted molar refractivity (Wildman–Crippen MR) is 145 cm³/mol. The van der Waals surface area contributed by atoms with Gasteiger partial charge in [-0.3, -0.25) is 0 Å². The number of likely N-dealkylation sites (tertiary alicyclic amines) is 2. The summed E-state index contributed by atoms with van der Waals surface area (Å²) in [7, 11) is 0. The van der Waals surface area contributed by atoms with E-state index in [1.165, 1.54) is 6.42 Å². The van der Waals surface area contributed by atoms with Crippen LogP contribution in [0.5, 0.6) is 0 Å². The van der Waals surface area contributed by atoms with Gasteiger partial charge in [-0.1, -0.05) is 38.1 Å². The van der Waals surface area contributed by atoms with Crippen LogP contribution in [-0.2, 0) is 0 Å². The van der Waals surface area contributed by atoms with Gasteiger partial charge in [0.1, 0.15) is 24.3 Å². The Morgan fingerprint density at radius 3 is 1.43 bits per heavy atom. The Morgan fingerprint density at radius 1 is 0.649 bits per heavy atom. The number of nitriles is 4. The Hall–Kier alpha value is -3.68. The van der Waals surface area contributed by atoms with Gasteiger partial charge in [0.05, 0.1) is 22.3 Å². The van der Waals surface area contributed by atoms with E-state index in [2.05, 4.69) is 47.9 Å². The van der Waals surface area contributed by atoms with E-state index in [0.717, 1.165) is 76.1 Å². The average molecular weight is 493 g/mol. The molecule has 0 bridgehead atoms. The molecule has 0 unspecified atom stereocenters. The van der Waals surface area contributed by atoms with Crippen molar-refractivity contribution in [2.24, 2.45) is 0 Å². The summed E-state index contributed by atoms with van der Waals surface area (Å²) in [6.07, 6.45) is 5.53. The topological polar surface area (TPSA) is 102 Å². The molecule has 0 aliphatic carbocycles. The van der Waals surface area contributed by atoms with Crippen molar-refractivity contribution in [2.75, 3.05) is 39.3 Å². The van der Waals surface area contributed by atoms with Gasteiger partial charge < -0.3 is 9.80 Å². The molecular weight excluding hydrogens is 456 g/mol. The van der Waals surface area contributed by atoms with Crippen LogP contribution in [-0.4, -0.2) is 49.1 Å². The number of hydrogen-bond acceptors (Lipinski definition) is 6. The molecule has 6 nitrogen and oxygen atoms in total. The lowest BCUT2D eigenvalue weighted by molar-refractivity contribution is 0.212. The van der Waals surface area contributed by atoms with E-state index in [9.17, 15) is 10.5 Å². The fraction of sp³-hybridized carbons (Fsp3) is 0.484. The highest BCUT2D eigenvalue weighted by Crippen LogP contribution is 2.32. The van der Waals surface area contributed by atoms with Crippen LogP contribution >= 0.6 is 0 Å². The second kappa shape index (κ2) is 14.2. The first-order valence-electron chi connectivity index (χ1n) is 13.4. The predicted octanol–water partition coefficient (Wildman–Crippen LogP) is 5.65. The summed E-state index contributed by atoms with van der Waals surface area (Å²) in [5, 5.41) is 36.7. The van der Waals surface area contributed by atoms with Crippen LogP contribution < -0.4 is 0 Å². The molecule has 2 aliphatic rings. The van der Waals surface area contributed by atoms with Crippen molar-refractivity contribution in [3.8, 4) is 24.3 Å². The molecule has 0 radical (unpaired) electrons. The molecule has 190 valence electrons. The van der Waals surface area contributed by atoms with E-state index in [0.29, 0.717) is 34.1 Å². The minimum atomic E-state index is 0.427. The van der Waals surface area contributed by atoms with Gasteiger partial charge in [0.2, 0.25) is 0 Å². The van der Waals surface area contributed by atoms with Crippen molar-refractivity contribution in [3.63, 3.8) is 0 Å². The molecule has 2 fully saturated rings. The van der Waals surface area contributed by atoms with Gasteiger partial charge in [-0.25, -0.2) is 0 Å². The van der Waals surface area contributed by atoms with E-state index < -0.39 is 0 Å². The van der Waals surface area contributed by atoms with Crippen molar-refractivity contribution in [3.05, 3.63) is 69.8 Å². The lowest BCUT2D eigenvalue weighted by atomic mass is 9.85. The molecule has 2 saturated heterocycles. The maximum atomic E-state index is 9.29. The quantitative estimate of drug-likeness (QED) is 0.534. The van der Waals surface area contributed by atoms with E-state index in [1.807, 2.05) is 24.3 Å². The Bertz CT molecular complexity index is 1210. The van der Waals surface area contributed by atoms with E-state index in [1.54, 1.807) is 12.1 Å². The lowest BCUT2D eigenvalue weighted by Crippen LogP contribution is -2.33. The monoisotopic (exact) mass is 492 g/mol. The molecule has 0 aromatic heterocycles. The largest absolute Gasteiger partial charge is 0.304 e. The Balaban J connectivity index is 0.000000206. The first-order chi connectivity index (χ1) is 18.1.